The molecule has 1 aliphatic heterocycles. The highest BCUT2D eigenvalue weighted by atomic mass is 19.4. The number of carbonyl (C=O) groups is 1. The molecule has 3 N–H and O–H groups in total. The minimum Gasteiger partial charge on any atom is -0.475 e. The van der Waals surface area contributed by atoms with Gasteiger partial charge in [0.15, 0.2) is 0 Å². The highest BCUT2D eigenvalue weighted by Crippen LogP contribution is 2.27. The second-order valence-corrected chi connectivity index (χ2v) is 8.59. The molecule has 1 fully saturated rings. The van der Waals surface area contributed by atoms with Crippen molar-refractivity contribution in [3.8, 4) is 22.5 Å². The largest absolute Gasteiger partial charge is 0.490 e. The molecule has 37 heavy (non-hydrogen) atoms. The average molecular weight is 516 g/mol. The number of carboxylic acids is 1. The smallest absolute Gasteiger partial charge is 0.475 e. The molecule has 1 aromatic heterocycles. The Labute approximate surface area is 210 Å². The van der Waals surface area contributed by atoms with Gasteiger partial charge >= 0.3 is 12.1 Å². The molecule has 5 rings (SSSR count). The molecule has 1 aliphatic rings. The molecule has 3 aromatic carbocycles. The molecule has 0 radical (unpaired) electrons. The quantitative estimate of drug-likeness (QED) is 0.277. The van der Waals surface area contributed by atoms with Crippen LogP contribution in [0.4, 0.5) is 17.6 Å². The van der Waals surface area contributed by atoms with E-state index < -0.39 is 12.1 Å². The lowest BCUT2D eigenvalue weighted by atomic mass is 10.0. The van der Waals surface area contributed by atoms with Crippen molar-refractivity contribution in [1.82, 2.24) is 15.3 Å². The first kappa shape index (κ1) is 26.3. The number of rotatable bonds is 6. The van der Waals surface area contributed by atoms with Crippen LogP contribution in [0.15, 0.2) is 66.7 Å². The maximum atomic E-state index is 13.5. The second kappa shape index (κ2) is 11.5. The van der Waals surface area contributed by atoms with E-state index in [1.165, 1.54) is 24.1 Å². The second-order valence-electron chi connectivity index (χ2n) is 8.59. The van der Waals surface area contributed by atoms with Crippen LogP contribution in [0.2, 0.25) is 0 Å². The van der Waals surface area contributed by atoms with E-state index in [-0.39, 0.29) is 5.82 Å². The predicted octanol–water partition coefficient (Wildman–Crippen LogP) is 5.94. The third-order valence-corrected chi connectivity index (χ3v) is 5.83. The van der Waals surface area contributed by atoms with Crippen LogP contribution >= 0.6 is 0 Å². The number of H-pyrrole nitrogens is 1. The number of benzene rings is 3. The number of hydrogen-bond donors (Lipinski definition) is 3. The zero-order valence-electron chi connectivity index (χ0n) is 19.7. The van der Waals surface area contributed by atoms with Gasteiger partial charge in [-0.1, -0.05) is 42.5 Å². The van der Waals surface area contributed by atoms with E-state index in [1.54, 1.807) is 6.07 Å². The number of halogens is 4. The summed E-state index contributed by atoms with van der Waals surface area (Å²) in [5.74, 6) is -2.28. The van der Waals surface area contributed by atoms with Gasteiger partial charge in [0.2, 0.25) is 0 Å². The predicted molar refractivity (Wildman–Crippen MR) is 131 cm³/mol. The molecule has 2 heterocycles. The fourth-order valence-electron chi connectivity index (χ4n) is 3.96. The Morgan fingerprint density at radius 3 is 2.46 bits per heavy atom. The molecule has 0 bridgehead atoms. The Balaban J connectivity index is 0.000000405. The lowest BCUT2D eigenvalue weighted by Crippen LogP contribution is -2.25. The molecule has 0 saturated carbocycles. The van der Waals surface area contributed by atoms with Gasteiger partial charge in [0, 0.05) is 25.3 Å². The number of nitrogens with one attached hydrogen (secondary N) is 2. The van der Waals surface area contributed by atoms with E-state index >= 15 is 0 Å². The first-order valence-electron chi connectivity index (χ1n) is 11.7. The number of fused-ring (bicyclic) bond motifs is 1. The van der Waals surface area contributed by atoms with Gasteiger partial charge in [0.1, 0.15) is 11.6 Å². The first-order chi connectivity index (χ1) is 17.7. The summed E-state index contributed by atoms with van der Waals surface area (Å²) in [4.78, 5) is 16.7. The van der Waals surface area contributed by atoms with E-state index in [9.17, 15) is 17.6 Å². The SMILES string of the molecule is Fc1ccc2nc(-c3cccc(-c4ccc(CNCC5CCCO5)cc4)c3)[nH]c2c1.O=C(O)C(F)(F)F. The third kappa shape index (κ3) is 7.14. The third-order valence-electron chi connectivity index (χ3n) is 5.83. The summed E-state index contributed by atoms with van der Waals surface area (Å²) in [6.07, 6.45) is -2.39. The normalized spacial score (nSPS) is 15.4. The van der Waals surface area contributed by atoms with Crippen LogP contribution in [0, 0.1) is 5.82 Å². The van der Waals surface area contributed by atoms with Crippen LogP contribution in [0.3, 0.4) is 0 Å². The van der Waals surface area contributed by atoms with Crippen molar-refractivity contribution in [2.45, 2.75) is 31.7 Å². The average Bonchev–Trinajstić information content (AvgIpc) is 3.54. The maximum Gasteiger partial charge on any atom is 0.490 e. The summed E-state index contributed by atoms with van der Waals surface area (Å²) >= 11 is 0. The van der Waals surface area contributed by atoms with E-state index in [4.69, 9.17) is 14.6 Å². The summed E-state index contributed by atoms with van der Waals surface area (Å²) < 4.78 is 50.9. The highest BCUT2D eigenvalue weighted by Gasteiger charge is 2.38. The molecule has 0 aliphatic carbocycles. The van der Waals surface area contributed by atoms with Crippen molar-refractivity contribution in [3.05, 3.63) is 78.1 Å². The number of alkyl halides is 3. The van der Waals surface area contributed by atoms with Crippen molar-refractivity contribution in [2.24, 2.45) is 0 Å². The monoisotopic (exact) mass is 515 g/mol. The first-order valence-corrected chi connectivity index (χ1v) is 11.7. The van der Waals surface area contributed by atoms with Gasteiger partial charge in [-0.15, -0.1) is 0 Å². The van der Waals surface area contributed by atoms with Crippen LogP contribution in [0.25, 0.3) is 33.5 Å². The summed E-state index contributed by atoms with van der Waals surface area (Å²) in [6, 6.07) is 21.5. The van der Waals surface area contributed by atoms with Crippen LogP contribution in [0.5, 0.6) is 0 Å². The number of nitrogens with zero attached hydrogens (tertiary/aromatic N) is 1. The molecule has 194 valence electrons. The molecule has 0 spiro atoms. The summed E-state index contributed by atoms with van der Waals surface area (Å²) in [7, 11) is 0. The molecule has 10 heteroatoms. The number of aromatic nitrogens is 2. The molecule has 6 nitrogen and oxygen atoms in total. The van der Waals surface area contributed by atoms with Gasteiger partial charge in [-0.2, -0.15) is 13.2 Å². The molecule has 1 unspecified atom stereocenters. The van der Waals surface area contributed by atoms with E-state index in [1.807, 2.05) is 12.1 Å². The van der Waals surface area contributed by atoms with Crippen LogP contribution in [0.1, 0.15) is 18.4 Å². The minimum absolute atomic E-state index is 0.267. The van der Waals surface area contributed by atoms with Crippen LogP contribution in [-0.2, 0) is 16.1 Å². The van der Waals surface area contributed by atoms with Gasteiger partial charge in [-0.05, 0) is 53.8 Å². The van der Waals surface area contributed by atoms with Gasteiger partial charge in [-0.3, -0.25) is 0 Å². The summed E-state index contributed by atoms with van der Waals surface area (Å²) in [6.45, 7) is 2.64. The van der Waals surface area contributed by atoms with E-state index in [0.29, 0.717) is 11.6 Å². The number of aromatic amines is 1. The Hall–Kier alpha value is -3.76. The zero-order chi connectivity index (χ0) is 26.4. The zero-order valence-corrected chi connectivity index (χ0v) is 19.7. The van der Waals surface area contributed by atoms with Gasteiger partial charge in [-0.25, -0.2) is 14.2 Å². The van der Waals surface area contributed by atoms with E-state index in [0.717, 1.165) is 54.1 Å². The lowest BCUT2D eigenvalue weighted by Gasteiger charge is -2.11. The van der Waals surface area contributed by atoms with Crippen LogP contribution in [-0.4, -0.2) is 46.5 Å². The Bertz CT molecular complexity index is 1350. The molecule has 4 aromatic rings. The Morgan fingerprint density at radius 1 is 1.05 bits per heavy atom. The molecule has 1 atom stereocenters. The van der Waals surface area contributed by atoms with Crippen LogP contribution < -0.4 is 5.32 Å². The molecular weight excluding hydrogens is 490 g/mol. The topological polar surface area (TPSA) is 87.2 Å². The van der Waals surface area contributed by atoms with Gasteiger partial charge in [0.25, 0.3) is 0 Å². The van der Waals surface area contributed by atoms with Gasteiger partial charge < -0.3 is 20.1 Å². The highest BCUT2D eigenvalue weighted by molar-refractivity contribution is 5.80. The molecular formula is C27H25F4N3O3. The van der Waals surface area contributed by atoms with Crippen molar-refractivity contribution in [2.75, 3.05) is 13.2 Å². The van der Waals surface area contributed by atoms with E-state index in [2.05, 4.69) is 51.7 Å². The number of ether oxygens (including phenoxy) is 1. The Kier molecular flexibility index (Phi) is 8.20. The number of aliphatic carboxylic acids is 1. The summed E-state index contributed by atoms with van der Waals surface area (Å²) in [5, 5.41) is 10.6. The van der Waals surface area contributed by atoms with Crippen molar-refractivity contribution < 1.29 is 32.2 Å². The molecule has 0 amide bonds. The van der Waals surface area contributed by atoms with Gasteiger partial charge in [0.05, 0.1) is 17.1 Å². The van der Waals surface area contributed by atoms with Crippen molar-refractivity contribution in [1.29, 1.82) is 0 Å². The lowest BCUT2D eigenvalue weighted by molar-refractivity contribution is -0.192. The standard InChI is InChI=1S/C25H24FN3O.C2HF3O2/c26-21-10-11-23-24(14-21)29-25(28-23)20-4-1-3-19(13-20)18-8-6-17(7-9-18)15-27-16-22-5-2-12-30-22;3-2(4,5)1(6)7/h1,3-4,6-11,13-14,22,27H,2,5,12,15-16H2,(H,28,29);(H,6,7). The minimum atomic E-state index is -5.08. The number of carboxylic acid groups (broad SMARTS) is 1. The Morgan fingerprint density at radius 2 is 1.78 bits per heavy atom. The fourth-order valence-corrected chi connectivity index (χ4v) is 3.96. The number of hydrogen-bond acceptors (Lipinski definition) is 4. The summed E-state index contributed by atoms with van der Waals surface area (Å²) in [5.41, 5.74) is 5.98. The van der Waals surface area contributed by atoms with Crippen molar-refractivity contribution in [3.63, 3.8) is 0 Å². The molecule has 1 saturated heterocycles. The van der Waals surface area contributed by atoms with Crippen molar-refractivity contribution >= 4 is 17.0 Å². The number of imidazole rings is 1. The fraction of sp³-hybridized carbons (Fsp3) is 0.259. The maximum absolute atomic E-state index is 13.5.